The number of aromatic amines is 1. The minimum absolute atomic E-state index is 0.0554. The van der Waals surface area contributed by atoms with Crippen LogP contribution in [0.4, 0.5) is 0 Å². The average molecular weight is 358 g/mol. The van der Waals surface area contributed by atoms with Gasteiger partial charge >= 0.3 is 0 Å². The normalized spacial score (nSPS) is 11.3. The summed E-state index contributed by atoms with van der Waals surface area (Å²) in [6.07, 6.45) is 0. The van der Waals surface area contributed by atoms with Crippen LogP contribution in [0.5, 0.6) is 0 Å². The quantitative estimate of drug-likeness (QED) is 0.540. The minimum atomic E-state index is -0.157. The molecular formula is C18H18N2O2S2. The van der Waals surface area contributed by atoms with Crippen LogP contribution >= 0.6 is 23.1 Å². The first-order valence-electron chi connectivity index (χ1n) is 7.70. The molecule has 0 amide bonds. The number of benzene rings is 1. The van der Waals surface area contributed by atoms with E-state index in [1.165, 1.54) is 35.6 Å². The van der Waals surface area contributed by atoms with Crippen LogP contribution in [0.15, 0.2) is 39.6 Å². The third kappa shape index (κ3) is 3.44. The van der Waals surface area contributed by atoms with Crippen LogP contribution in [0, 0.1) is 0 Å². The fourth-order valence-corrected chi connectivity index (χ4v) is 4.09. The highest BCUT2D eigenvalue weighted by Crippen LogP contribution is 2.32. The zero-order valence-electron chi connectivity index (χ0n) is 13.8. The van der Waals surface area contributed by atoms with E-state index in [0.717, 1.165) is 11.1 Å². The average Bonchev–Trinajstić information content (AvgIpc) is 2.97. The van der Waals surface area contributed by atoms with Crippen molar-refractivity contribution < 1.29 is 4.79 Å². The minimum Gasteiger partial charge on any atom is -0.301 e. The van der Waals surface area contributed by atoms with Gasteiger partial charge in [0, 0.05) is 10.9 Å². The molecule has 0 saturated heterocycles. The third-order valence-corrected chi connectivity index (χ3v) is 5.61. The van der Waals surface area contributed by atoms with Gasteiger partial charge in [-0.05, 0) is 24.0 Å². The molecule has 2 aromatic heterocycles. The van der Waals surface area contributed by atoms with Gasteiger partial charge in [-0.25, -0.2) is 4.98 Å². The van der Waals surface area contributed by atoms with Crippen LogP contribution in [0.2, 0.25) is 0 Å². The van der Waals surface area contributed by atoms with Crippen molar-refractivity contribution in [2.75, 3.05) is 5.75 Å². The Morgan fingerprint density at radius 2 is 2.00 bits per heavy atom. The molecule has 1 N–H and O–H groups in total. The van der Waals surface area contributed by atoms with Gasteiger partial charge in [0.25, 0.3) is 5.56 Å². The molecule has 0 radical (unpaired) electrons. The second-order valence-corrected chi connectivity index (χ2v) is 7.79. The molecule has 0 aliphatic rings. The SMILES string of the molecule is CC(=O)CSc1nc2scc(-c3ccc(C(C)C)cc3)c2c(=O)[nH]1. The Labute approximate surface area is 148 Å². The Bertz CT molecular complexity index is 940. The molecule has 1 aromatic carbocycles. The van der Waals surface area contributed by atoms with E-state index in [-0.39, 0.29) is 11.3 Å². The summed E-state index contributed by atoms with van der Waals surface area (Å²) in [5.74, 6) is 0.840. The molecule has 24 heavy (non-hydrogen) atoms. The number of nitrogens with zero attached hydrogens (tertiary/aromatic N) is 1. The van der Waals surface area contributed by atoms with E-state index >= 15 is 0 Å². The molecule has 0 saturated carbocycles. The number of H-pyrrole nitrogens is 1. The first-order chi connectivity index (χ1) is 11.5. The van der Waals surface area contributed by atoms with Crippen molar-refractivity contribution >= 4 is 39.1 Å². The van der Waals surface area contributed by atoms with Crippen molar-refractivity contribution in [3.63, 3.8) is 0 Å². The number of carbonyl (C=O) groups excluding carboxylic acids is 1. The molecule has 0 aliphatic carbocycles. The predicted octanol–water partition coefficient (Wildman–Crippen LogP) is 4.46. The third-order valence-electron chi connectivity index (χ3n) is 3.72. The van der Waals surface area contributed by atoms with Crippen LogP contribution in [0.3, 0.4) is 0 Å². The molecule has 2 heterocycles. The lowest BCUT2D eigenvalue weighted by molar-refractivity contribution is -0.114. The molecule has 0 bridgehead atoms. The van der Waals surface area contributed by atoms with Gasteiger partial charge in [0.15, 0.2) is 5.16 Å². The molecule has 124 valence electrons. The summed E-state index contributed by atoms with van der Waals surface area (Å²) in [5.41, 5.74) is 3.03. The second-order valence-electron chi connectivity index (χ2n) is 5.97. The maximum absolute atomic E-state index is 12.5. The smallest absolute Gasteiger partial charge is 0.260 e. The number of Topliss-reactive ketones (excluding diaryl/α,β-unsaturated/α-hetero) is 1. The summed E-state index contributed by atoms with van der Waals surface area (Å²) < 4.78 is 0. The van der Waals surface area contributed by atoms with Gasteiger partial charge in [-0.2, -0.15) is 0 Å². The summed E-state index contributed by atoms with van der Waals surface area (Å²) in [4.78, 5) is 31.5. The lowest BCUT2D eigenvalue weighted by atomic mass is 9.99. The number of fused-ring (bicyclic) bond motifs is 1. The summed E-state index contributed by atoms with van der Waals surface area (Å²) in [6, 6.07) is 8.30. The van der Waals surface area contributed by atoms with E-state index in [2.05, 4.69) is 48.1 Å². The van der Waals surface area contributed by atoms with Crippen LogP contribution in [-0.2, 0) is 4.79 Å². The van der Waals surface area contributed by atoms with Crippen molar-refractivity contribution in [1.29, 1.82) is 0 Å². The highest BCUT2D eigenvalue weighted by molar-refractivity contribution is 7.99. The zero-order chi connectivity index (χ0) is 17.3. The van der Waals surface area contributed by atoms with E-state index in [0.29, 0.717) is 27.0 Å². The van der Waals surface area contributed by atoms with Crippen LogP contribution in [-0.4, -0.2) is 21.5 Å². The molecule has 0 aliphatic heterocycles. The van der Waals surface area contributed by atoms with Gasteiger partial charge in [0.2, 0.25) is 0 Å². The van der Waals surface area contributed by atoms with Crippen LogP contribution < -0.4 is 5.56 Å². The molecule has 6 heteroatoms. The Kier molecular flexibility index (Phi) is 4.87. The van der Waals surface area contributed by atoms with E-state index in [4.69, 9.17) is 0 Å². The van der Waals surface area contributed by atoms with Gasteiger partial charge in [-0.1, -0.05) is 49.9 Å². The number of nitrogens with one attached hydrogen (secondary N) is 1. The van der Waals surface area contributed by atoms with Crippen molar-refractivity contribution in [2.24, 2.45) is 0 Å². The zero-order valence-corrected chi connectivity index (χ0v) is 15.4. The van der Waals surface area contributed by atoms with E-state index in [9.17, 15) is 9.59 Å². The van der Waals surface area contributed by atoms with Gasteiger partial charge in [0.1, 0.15) is 10.6 Å². The highest BCUT2D eigenvalue weighted by Gasteiger charge is 2.13. The van der Waals surface area contributed by atoms with E-state index in [1.807, 2.05) is 5.38 Å². The first kappa shape index (κ1) is 16.9. The Hall–Kier alpha value is -1.92. The maximum atomic E-state index is 12.5. The topological polar surface area (TPSA) is 62.8 Å². The van der Waals surface area contributed by atoms with Gasteiger partial charge in [-0.3, -0.25) is 9.59 Å². The lowest BCUT2D eigenvalue weighted by Gasteiger charge is -2.06. The monoisotopic (exact) mass is 358 g/mol. The molecular weight excluding hydrogens is 340 g/mol. The number of ketones is 1. The first-order valence-corrected chi connectivity index (χ1v) is 9.56. The molecule has 0 fully saturated rings. The number of rotatable bonds is 5. The number of hydrogen-bond donors (Lipinski definition) is 1. The standard InChI is InChI=1S/C18H18N2O2S2/c1-10(2)12-4-6-13(7-5-12)14-9-23-17-15(14)16(22)19-18(20-17)24-8-11(3)21/h4-7,9-10H,8H2,1-3H3,(H,19,20,22). The molecule has 0 atom stereocenters. The number of thiophene rings is 1. The van der Waals surface area contributed by atoms with Crippen molar-refractivity contribution in [3.8, 4) is 11.1 Å². The van der Waals surface area contributed by atoms with Crippen LogP contribution in [0.25, 0.3) is 21.3 Å². The largest absolute Gasteiger partial charge is 0.301 e. The summed E-state index contributed by atoms with van der Waals surface area (Å²) in [6.45, 7) is 5.83. The number of carbonyl (C=O) groups is 1. The van der Waals surface area contributed by atoms with Crippen molar-refractivity contribution in [2.45, 2.75) is 31.8 Å². The fraction of sp³-hybridized carbons (Fsp3) is 0.278. The molecule has 3 rings (SSSR count). The van der Waals surface area contributed by atoms with Crippen LogP contribution in [0.1, 0.15) is 32.3 Å². The second kappa shape index (κ2) is 6.91. The van der Waals surface area contributed by atoms with Gasteiger partial charge in [0.05, 0.1) is 11.1 Å². The van der Waals surface area contributed by atoms with E-state index < -0.39 is 0 Å². The number of hydrogen-bond acceptors (Lipinski definition) is 5. The predicted molar refractivity (Wildman–Crippen MR) is 101 cm³/mol. The molecule has 0 unspecified atom stereocenters. The Balaban J connectivity index is 2.01. The Morgan fingerprint density at radius 1 is 1.29 bits per heavy atom. The fourth-order valence-electron chi connectivity index (χ4n) is 2.43. The Morgan fingerprint density at radius 3 is 2.62 bits per heavy atom. The van der Waals surface area contributed by atoms with Gasteiger partial charge < -0.3 is 4.98 Å². The van der Waals surface area contributed by atoms with Crippen molar-refractivity contribution in [3.05, 3.63) is 45.6 Å². The summed E-state index contributed by atoms with van der Waals surface area (Å²) in [5, 5.41) is 3.08. The number of thioether (sulfide) groups is 1. The van der Waals surface area contributed by atoms with Crippen molar-refractivity contribution in [1.82, 2.24) is 9.97 Å². The highest BCUT2D eigenvalue weighted by atomic mass is 32.2. The number of aromatic nitrogens is 2. The molecule has 4 nitrogen and oxygen atoms in total. The summed E-state index contributed by atoms with van der Waals surface area (Å²) >= 11 is 2.71. The van der Waals surface area contributed by atoms with Gasteiger partial charge in [-0.15, -0.1) is 11.3 Å². The lowest BCUT2D eigenvalue weighted by Crippen LogP contribution is -2.09. The summed E-state index contributed by atoms with van der Waals surface area (Å²) in [7, 11) is 0. The molecule has 0 spiro atoms. The maximum Gasteiger partial charge on any atom is 0.260 e. The molecule has 3 aromatic rings. The van der Waals surface area contributed by atoms with E-state index in [1.54, 1.807) is 0 Å².